The molecule has 136 valence electrons. The van der Waals surface area contributed by atoms with E-state index in [2.05, 4.69) is 86.0 Å². The number of hydrogen-bond acceptors (Lipinski definition) is 2. The number of aromatic nitrogens is 2. The van der Waals surface area contributed by atoms with Crippen molar-refractivity contribution in [1.82, 2.24) is 9.55 Å². The third-order valence-corrected chi connectivity index (χ3v) is 4.94. The number of hydrogen-bond donors (Lipinski definition) is 0. The Morgan fingerprint density at radius 3 is 2.44 bits per heavy atom. The van der Waals surface area contributed by atoms with Gasteiger partial charge in [0.05, 0.1) is 17.6 Å². The summed E-state index contributed by atoms with van der Waals surface area (Å²) in [5.74, 6) is 1.95. The first-order chi connectivity index (χ1) is 13.1. The first-order valence-corrected chi connectivity index (χ1v) is 9.35. The highest BCUT2D eigenvalue weighted by atomic mass is 16.5. The lowest BCUT2D eigenvalue weighted by atomic mass is 10.1. The average molecular weight is 356 g/mol. The van der Waals surface area contributed by atoms with Gasteiger partial charge in [-0.05, 0) is 50.1 Å². The average Bonchev–Trinajstić information content (AvgIpc) is 3.02. The molecule has 0 unspecified atom stereocenters. The summed E-state index contributed by atoms with van der Waals surface area (Å²) in [6.07, 6.45) is 0. The van der Waals surface area contributed by atoms with Crippen LogP contribution in [0.3, 0.4) is 0 Å². The van der Waals surface area contributed by atoms with Crippen LogP contribution < -0.4 is 4.74 Å². The van der Waals surface area contributed by atoms with Gasteiger partial charge in [-0.3, -0.25) is 0 Å². The highest BCUT2D eigenvalue weighted by Gasteiger charge is 2.14. The molecule has 27 heavy (non-hydrogen) atoms. The summed E-state index contributed by atoms with van der Waals surface area (Å²) in [5, 5.41) is 0. The van der Waals surface area contributed by atoms with E-state index in [-0.39, 0.29) is 0 Å². The van der Waals surface area contributed by atoms with Crippen LogP contribution in [0.4, 0.5) is 0 Å². The second-order valence-electron chi connectivity index (χ2n) is 7.01. The summed E-state index contributed by atoms with van der Waals surface area (Å²) in [5.41, 5.74) is 6.97. The van der Waals surface area contributed by atoms with E-state index in [1.807, 2.05) is 6.07 Å². The maximum absolute atomic E-state index is 6.09. The third-order valence-electron chi connectivity index (χ3n) is 4.94. The van der Waals surface area contributed by atoms with Crippen molar-refractivity contribution in [2.24, 2.45) is 0 Å². The number of para-hydroxylation sites is 2. The summed E-state index contributed by atoms with van der Waals surface area (Å²) in [4.78, 5) is 4.91. The first kappa shape index (κ1) is 17.3. The molecule has 0 spiro atoms. The molecule has 0 radical (unpaired) electrons. The largest absolute Gasteiger partial charge is 0.491 e. The molecule has 3 heteroatoms. The minimum absolute atomic E-state index is 0.600. The van der Waals surface area contributed by atoms with Crippen LogP contribution in [0.5, 0.6) is 5.75 Å². The molecule has 4 aromatic rings. The Balaban J connectivity index is 1.66. The molecule has 3 aromatic carbocycles. The molecule has 0 bridgehead atoms. The first-order valence-electron chi connectivity index (χ1n) is 9.35. The number of ether oxygens (including phenoxy) is 1. The number of benzene rings is 3. The number of imidazole rings is 1. The van der Waals surface area contributed by atoms with Crippen molar-refractivity contribution in [3.05, 3.63) is 83.4 Å². The van der Waals surface area contributed by atoms with E-state index in [9.17, 15) is 0 Å². The zero-order chi connectivity index (χ0) is 18.8. The smallest absolute Gasteiger partial charge is 0.141 e. The van der Waals surface area contributed by atoms with Gasteiger partial charge in [0.25, 0.3) is 0 Å². The third kappa shape index (κ3) is 3.45. The highest BCUT2D eigenvalue weighted by Crippen LogP contribution is 2.27. The number of aryl methyl sites for hydroxylation is 3. The lowest BCUT2D eigenvalue weighted by Crippen LogP contribution is -2.10. The second kappa shape index (κ2) is 7.28. The van der Waals surface area contributed by atoms with Crippen molar-refractivity contribution in [2.45, 2.75) is 27.3 Å². The molecule has 3 nitrogen and oxygen atoms in total. The van der Waals surface area contributed by atoms with E-state index in [1.165, 1.54) is 22.3 Å². The van der Waals surface area contributed by atoms with Crippen molar-refractivity contribution in [2.75, 3.05) is 6.61 Å². The summed E-state index contributed by atoms with van der Waals surface area (Å²) in [6, 6.07) is 23.0. The standard InChI is InChI=1S/C24H24N2O/c1-17-12-13-23(19(3)16-17)27-15-14-26-22-11-7-6-10-21(22)25-24(26)20-9-5-4-8-18(20)2/h4-13,16H,14-15H2,1-3H3. The van der Waals surface area contributed by atoms with E-state index in [1.54, 1.807) is 0 Å². The SMILES string of the molecule is Cc1ccc(OCCn2c(-c3ccccc3C)nc3ccccc32)c(C)c1. The molecule has 1 heterocycles. The summed E-state index contributed by atoms with van der Waals surface area (Å²) in [7, 11) is 0. The van der Waals surface area contributed by atoms with Gasteiger partial charge < -0.3 is 9.30 Å². The molecule has 4 rings (SSSR count). The number of nitrogens with zero attached hydrogens (tertiary/aromatic N) is 2. The van der Waals surface area contributed by atoms with Gasteiger partial charge in [0.1, 0.15) is 18.2 Å². The monoisotopic (exact) mass is 356 g/mol. The Bertz CT molecular complexity index is 1090. The van der Waals surface area contributed by atoms with Crippen LogP contribution in [-0.4, -0.2) is 16.2 Å². The molecule has 0 atom stereocenters. The van der Waals surface area contributed by atoms with Gasteiger partial charge in [0, 0.05) is 5.56 Å². The van der Waals surface area contributed by atoms with Gasteiger partial charge in [0.2, 0.25) is 0 Å². The zero-order valence-electron chi connectivity index (χ0n) is 16.1. The number of rotatable bonds is 5. The highest BCUT2D eigenvalue weighted by molar-refractivity contribution is 5.81. The summed E-state index contributed by atoms with van der Waals surface area (Å²) >= 11 is 0. The van der Waals surface area contributed by atoms with Crippen molar-refractivity contribution in [3.8, 4) is 17.1 Å². The summed E-state index contributed by atoms with van der Waals surface area (Å²) in [6.45, 7) is 7.67. The molecule has 0 aliphatic rings. The molecule has 0 aliphatic heterocycles. The predicted octanol–water partition coefficient (Wildman–Crippen LogP) is 5.71. The van der Waals surface area contributed by atoms with Crippen LogP contribution in [-0.2, 0) is 6.54 Å². The Labute approximate surface area is 160 Å². The van der Waals surface area contributed by atoms with Gasteiger partial charge in [-0.25, -0.2) is 4.98 Å². The van der Waals surface area contributed by atoms with Gasteiger partial charge in [0.15, 0.2) is 0 Å². The zero-order valence-corrected chi connectivity index (χ0v) is 16.1. The fourth-order valence-corrected chi connectivity index (χ4v) is 3.54. The van der Waals surface area contributed by atoms with Crippen LogP contribution in [0.15, 0.2) is 66.7 Å². The quantitative estimate of drug-likeness (QED) is 0.458. The van der Waals surface area contributed by atoms with Crippen molar-refractivity contribution >= 4 is 11.0 Å². The molecule has 1 aromatic heterocycles. The van der Waals surface area contributed by atoms with Gasteiger partial charge in [-0.1, -0.05) is 54.1 Å². The van der Waals surface area contributed by atoms with Gasteiger partial charge >= 0.3 is 0 Å². The fourth-order valence-electron chi connectivity index (χ4n) is 3.54. The molecule has 0 aliphatic carbocycles. The molecule has 0 amide bonds. The molecule has 0 N–H and O–H groups in total. The molecular weight excluding hydrogens is 332 g/mol. The Hall–Kier alpha value is -3.07. The van der Waals surface area contributed by atoms with Gasteiger partial charge in [-0.15, -0.1) is 0 Å². The maximum atomic E-state index is 6.09. The molecular formula is C24H24N2O. The van der Waals surface area contributed by atoms with Crippen molar-refractivity contribution < 1.29 is 4.74 Å². The minimum atomic E-state index is 0.600. The molecule has 0 saturated carbocycles. The van der Waals surface area contributed by atoms with Crippen LogP contribution in [0, 0.1) is 20.8 Å². The van der Waals surface area contributed by atoms with Crippen LogP contribution in [0.1, 0.15) is 16.7 Å². The Kier molecular flexibility index (Phi) is 4.68. The Morgan fingerprint density at radius 1 is 0.852 bits per heavy atom. The molecule has 0 fully saturated rings. The lowest BCUT2D eigenvalue weighted by molar-refractivity contribution is 0.299. The normalized spacial score (nSPS) is 11.1. The van der Waals surface area contributed by atoms with Crippen molar-refractivity contribution in [1.29, 1.82) is 0 Å². The van der Waals surface area contributed by atoms with E-state index >= 15 is 0 Å². The lowest BCUT2D eigenvalue weighted by Gasteiger charge is -2.13. The van der Waals surface area contributed by atoms with E-state index in [0.29, 0.717) is 6.61 Å². The maximum Gasteiger partial charge on any atom is 0.141 e. The van der Waals surface area contributed by atoms with Crippen LogP contribution >= 0.6 is 0 Å². The second-order valence-corrected chi connectivity index (χ2v) is 7.01. The van der Waals surface area contributed by atoms with E-state index in [0.717, 1.165) is 29.2 Å². The fraction of sp³-hybridized carbons (Fsp3) is 0.208. The summed E-state index contributed by atoms with van der Waals surface area (Å²) < 4.78 is 8.35. The van der Waals surface area contributed by atoms with Gasteiger partial charge in [-0.2, -0.15) is 0 Å². The number of fused-ring (bicyclic) bond motifs is 1. The molecule has 0 saturated heterocycles. The van der Waals surface area contributed by atoms with Crippen LogP contribution in [0.2, 0.25) is 0 Å². The van der Waals surface area contributed by atoms with E-state index in [4.69, 9.17) is 9.72 Å². The topological polar surface area (TPSA) is 27.1 Å². The van der Waals surface area contributed by atoms with Crippen LogP contribution in [0.25, 0.3) is 22.4 Å². The minimum Gasteiger partial charge on any atom is -0.491 e. The predicted molar refractivity (Wildman–Crippen MR) is 111 cm³/mol. The van der Waals surface area contributed by atoms with E-state index < -0.39 is 0 Å². The Morgan fingerprint density at radius 2 is 1.63 bits per heavy atom. The van der Waals surface area contributed by atoms with Crippen molar-refractivity contribution in [3.63, 3.8) is 0 Å².